The average Bonchev–Trinajstić information content (AvgIpc) is 3.62. The molecule has 0 spiro atoms. The molecule has 1 aliphatic rings. The molecule has 7 nitrogen and oxygen atoms in total. The maximum atomic E-state index is 13.1. The quantitative estimate of drug-likeness (QED) is 0.427. The third-order valence-corrected chi connectivity index (χ3v) is 6.78. The van der Waals surface area contributed by atoms with Crippen LogP contribution in [-0.4, -0.2) is 52.1 Å². The molecule has 0 radical (unpaired) electrons. The number of nitrogens with zero attached hydrogens (tertiary/aromatic N) is 4. The number of ether oxygens (including phenoxy) is 1. The van der Waals surface area contributed by atoms with E-state index >= 15 is 0 Å². The summed E-state index contributed by atoms with van der Waals surface area (Å²) in [5, 5.41) is 5.14. The van der Waals surface area contributed by atoms with Gasteiger partial charge in [0.15, 0.2) is 5.82 Å². The van der Waals surface area contributed by atoms with E-state index < -0.39 is 0 Å². The molecule has 170 valence electrons. The Morgan fingerprint density at radius 2 is 1.94 bits per heavy atom. The lowest BCUT2D eigenvalue weighted by molar-refractivity contribution is -0.121. The van der Waals surface area contributed by atoms with Crippen molar-refractivity contribution in [2.24, 2.45) is 0 Å². The first kappa shape index (κ1) is 21.6. The van der Waals surface area contributed by atoms with Crippen molar-refractivity contribution < 1.29 is 9.53 Å². The Kier molecular flexibility index (Phi) is 6.37. The highest BCUT2D eigenvalue weighted by atomic mass is 32.1. The molecule has 1 saturated heterocycles. The minimum Gasteiger partial charge on any atom is -0.497 e. The number of fused-ring (bicyclic) bond motifs is 1. The monoisotopic (exact) mass is 461 g/mol. The van der Waals surface area contributed by atoms with Crippen LogP contribution in [0.2, 0.25) is 0 Å². The van der Waals surface area contributed by atoms with E-state index in [9.17, 15) is 4.79 Å². The summed E-state index contributed by atoms with van der Waals surface area (Å²) in [5.41, 5.74) is 5.56. The summed E-state index contributed by atoms with van der Waals surface area (Å²) in [4.78, 5) is 24.7. The van der Waals surface area contributed by atoms with E-state index in [1.807, 2.05) is 46.3 Å². The van der Waals surface area contributed by atoms with Crippen LogP contribution in [0.4, 0.5) is 0 Å². The van der Waals surface area contributed by atoms with E-state index in [1.165, 1.54) is 29.7 Å². The summed E-state index contributed by atoms with van der Waals surface area (Å²) in [5.74, 6) is 1.52. The fourth-order valence-corrected chi connectivity index (χ4v) is 5.03. The number of carbonyl (C=O) groups excluding carboxylic acids is 1. The van der Waals surface area contributed by atoms with Crippen molar-refractivity contribution in [2.45, 2.75) is 25.4 Å². The van der Waals surface area contributed by atoms with Crippen LogP contribution in [0.3, 0.4) is 0 Å². The smallest absolute Gasteiger partial charge is 0.240 e. The number of benzene rings is 2. The number of imidazole rings is 1. The zero-order chi connectivity index (χ0) is 22.6. The Bertz CT molecular complexity index is 1210. The normalized spacial score (nSPS) is 15.1. The molecule has 0 saturated carbocycles. The Morgan fingerprint density at radius 3 is 2.67 bits per heavy atom. The van der Waals surface area contributed by atoms with Gasteiger partial charge in [-0.05, 0) is 55.8 Å². The third-order valence-electron chi connectivity index (χ3n) is 6.19. The molecule has 33 heavy (non-hydrogen) atoms. The third kappa shape index (κ3) is 4.62. The van der Waals surface area contributed by atoms with E-state index in [0.29, 0.717) is 6.54 Å². The van der Waals surface area contributed by atoms with Crippen LogP contribution in [0.25, 0.3) is 22.6 Å². The summed E-state index contributed by atoms with van der Waals surface area (Å²) < 4.78 is 7.27. The van der Waals surface area contributed by atoms with Gasteiger partial charge in [0.25, 0.3) is 0 Å². The van der Waals surface area contributed by atoms with Gasteiger partial charge in [-0.1, -0.05) is 24.3 Å². The summed E-state index contributed by atoms with van der Waals surface area (Å²) in [6, 6.07) is 16.2. The number of rotatable bonds is 8. The van der Waals surface area contributed by atoms with E-state index in [4.69, 9.17) is 9.72 Å². The van der Waals surface area contributed by atoms with Crippen LogP contribution in [0, 0.1) is 0 Å². The number of hydrogen-bond acceptors (Lipinski definition) is 6. The second-order valence-corrected chi connectivity index (χ2v) is 8.94. The molecule has 0 bridgehead atoms. The molecule has 1 unspecified atom stereocenters. The number of hydrogen-bond donors (Lipinski definition) is 1. The minimum atomic E-state index is -0.0349. The molecule has 4 aromatic rings. The number of thiazole rings is 1. The van der Waals surface area contributed by atoms with E-state index in [0.717, 1.165) is 41.4 Å². The molecule has 3 heterocycles. The Morgan fingerprint density at radius 1 is 1.15 bits per heavy atom. The van der Waals surface area contributed by atoms with Crippen LogP contribution in [0.15, 0.2) is 59.4 Å². The molecule has 2 aromatic carbocycles. The number of nitrogens with one attached hydrogen (secondary N) is 1. The van der Waals surface area contributed by atoms with Crippen LogP contribution >= 0.6 is 11.3 Å². The lowest BCUT2D eigenvalue weighted by Crippen LogP contribution is -2.38. The highest BCUT2D eigenvalue weighted by molar-refractivity contribution is 7.07. The summed E-state index contributed by atoms with van der Waals surface area (Å²) >= 11 is 1.52. The Balaban J connectivity index is 1.35. The molecule has 1 amide bonds. The number of amides is 1. The predicted molar refractivity (Wildman–Crippen MR) is 130 cm³/mol. The molecular weight excluding hydrogens is 434 g/mol. The second-order valence-electron chi connectivity index (χ2n) is 8.22. The van der Waals surface area contributed by atoms with Gasteiger partial charge in [0, 0.05) is 11.9 Å². The van der Waals surface area contributed by atoms with Crippen molar-refractivity contribution in [1.29, 1.82) is 0 Å². The van der Waals surface area contributed by atoms with Gasteiger partial charge in [0.1, 0.15) is 18.0 Å². The van der Waals surface area contributed by atoms with Crippen molar-refractivity contribution in [1.82, 2.24) is 24.8 Å². The lowest BCUT2D eigenvalue weighted by atomic mass is 10.1. The van der Waals surface area contributed by atoms with Crippen molar-refractivity contribution in [2.75, 3.05) is 26.7 Å². The van der Waals surface area contributed by atoms with E-state index in [2.05, 4.69) is 27.3 Å². The lowest BCUT2D eigenvalue weighted by Gasteiger charge is -2.28. The Hall–Kier alpha value is -3.23. The fourth-order valence-electron chi connectivity index (χ4n) is 4.50. The van der Waals surface area contributed by atoms with Crippen molar-refractivity contribution >= 4 is 28.3 Å². The van der Waals surface area contributed by atoms with Crippen molar-refractivity contribution in [3.05, 3.63) is 65.0 Å². The molecule has 1 atom stereocenters. The number of aromatic nitrogens is 3. The number of carbonyl (C=O) groups is 1. The predicted octanol–water partition coefficient (Wildman–Crippen LogP) is 4.12. The molecule has 2 aromatic heterocycles. The number of methoxy groups -OCH3 is 1. The first-order valence-electron chi connectivity index (χ1n) is 11.2. The summed E-state index contributed by atoms with van der Waals surface area (Å²) in [6.45, 7) is 2.85. The second kappa shape index (κ2) is 9.72. The highest BCUT2D eigenvalue weighted by Crippen LogP contribution is 2.27. The van der Waals surface area contributed by atoms with Gasteiger partial charge in [-0.25, -0.2) is 9.97 Å². The van der Waals surface area contributed by atoms with Crippen LogP contribution in [-0.2, 0) is 11.3 Å². The topological polar surface area (TPSA) is 72.3 Å². The maximum absolute atomic E-state index is 13.1. The first-order valence-corrected chi connectivity index (χ1v) is 12.2. The molecule has 1 N–H and O–H groups in total. The van der Waals surface area contributed by atoms with E-state index in [-0.39, 0.29) is 18.5 Å². The van der Waals surface area contributed by atoms with Gasteiger partial charge < -0.3 is 14.6 Å². The standard InChI is InChI=1S/C25H27N5O2S/c1-32-19-10-8-18(9-11-19)23(29-12-4-5-13-29)14-26-24(31)15-30-22-7-3-2-6-20(22)28-25(30)21-16-33-17-27-21/h2-3,6-11,16-17,23H,4-5,12-15H2,1H3,(H,26,31). The SMILES string of the molecule is COc1ccc(C(CNC(=O)Cn2c(-c3cscn3)nc3ccccc32)N2CCCC2)cc1. The molecule has 0 aliphatic carbocycles. The Labute approximate surface area is 197 Å². The van der Waals surface area contributed by atoms with Crippen LogP contribution in [0.1, 0.15) is 24.4 Å². The zero-order valence-electron chi connectivity index (χ0n) is 18.6. The first-order chi connectivity index (χ1) is 16.2. The largest absolute Gasteiger partial charge is 0.497 e. The zero-order valence-corrected chi connectivity index (χ0v) is 19.4. The summed E-state index contributed by atoms with van der Waals surface area (Å²) in [7, 11) is 1.67. The van der Waals surface area contributed by atoms with Gasteiger partial charge in [-0.2, -0.15) is 0 Å². The number of likely N-dealkylation sites (tertiary alicyclic amines) is 1. The van der Waals surface area contributed by atoms with E-state index in [1.54, 1.807) is 12.6 Å². The molecule has 8 heteroatoms. The van der Waals surface area contributed by atoms with Gasteiger partial charge in [0.2, 0.25) is 5.91 Å². The maximum Gasteiger partial charge on any atom is 0.240 e. The average molecular weight is 462 g/mol. The van der Waals surface area contributed by atoms with Gasteiger partial charge >= 0.3 is 0 Å². The molecular formula is C25H27N5O2S. The van der Waals surface area contributed by atoms with Crippen molar-refractivity contribution in [3.8, 4) is 17.3 Å². The minimum absolute atomic E-state index is 0.0349. The highest BCUT2D eigenvalue weighted by Gasteiger charge is 2.24. The number of para-hydroxylation sites is 2. The van der Waals surface area contributed by atoms with Gasteiger partial charge in [-0.15, -0.1) is 11.3 Å². The molecule has 5 rings (SSSR count). The van der Waals surface area contributed by atoms with Crippen molar-refractivity contribution in [3.63, 3.8) is 0 Å². The van der Waals surface area contributed by atoms with Crippen LogP contribution < -0.4 is 10.1 Å². The van der Waals surface area contributed by atoms with Gasteiger partial charge in [0.05, 0.1) is 29.7 Å². The van der Waals surface area contributed by atoms with Gasteiger partial charge in [-0.3, -0.25) is 9.69 Å². The van der Waals surface area contributed by atoms with Crippen LogP contribution in [0.5, 0.6) is 5.75 Å². The fraction of sp³-hybridized carbons (Fsp3) is 0.320. The molecule has 1 fully saturated rings. The summed E-state index contributed by atoms with van der Waals surface area (Å²) in [6.07, 6.45) is 2.39. The molecule has 1 aliphatic heterocycles.